The molecule has 1 aliphatic heterocycles. The van der Waals surface area contributed by atoms with E-state index in [0.29, 0.717) is 25.2 Å². The number of hydrogen-bond donors (Lipinski definition) is 0. The predicted molar refractivity (Wildman–Crippen MR) is 72.0 cm³/mol. The number of benzene rings is 1. The van der Waals surface area contributed by atoms with E-state index < -0.39 is 0 Å². The van der Waals surface area contributed by atoms with Crippen molar-refractivity contribution in [3.05, 3.63) is 29.8 Å². The molecule has 1 saturated heterocycles. The van der Waals surface area contributed by atoms with Crippen molar-refractivity contribution in [2.75, 3.05) is 26.2 Å². The Hall–Kier alpha value is -1.35. The molecule has 0 spiro atoms. The van der Waals surface area contributed by atoms with E-state index >= 15 is 0 Å². The number of ketones is 1. The summed E-state index contributed by atoms with van der Waals surface area (Å²) in [6.45, 7) is 5.52. The van der Waals surface area contributed by atoms with E-state index in [1.54, 1.807) is 0 Å². The second-order valence-electron chi connectivity index (χ2n) is 4.73. The number of aryl methyl sites for hydroxylation is 1. The minimum absolute atomic E-state index is 0.391. The molecular weight excluding hydrogens is 226 g/mol. The van der Waals surface area contributed by atoms with Gasteiger partial charge in [-0.2, -0.15) is 0 Å². The molecule has 98 valence electrons. The SMILES string of the molecule is CCc1cccc(OCCN2CCC(=O)CC2)c1. The lowest BCUT2D eigenvalue weighted by Gasteiger charge is -2.25. The number of ether oxygens (including phenoxy) is 1. The molecule has 0 atom stereocenters. The second kappa shape index (κ2) is 6.55. The van der Waals surface area contributed by atoms with Gasteiger partial charge in [-0.15, -0.1) is 0 Å². The Kier molecular flexibility index (Phi) is 4.76. The second-order valence-corrected chi connectivity index (χ2v) is 4.73. The zero-order chi connectivity index (χ0) is 12.8. The number of hydrogen-bond acceptors (Lipinski definition) is 3. The van der Waals surface area contributed by atoms with E-state index in [-0.39, 0.29) is 0 Å². The van der Waals surface area contributed by atoms with Crippen LogP contribution in [-0.4, -0.2) is 36.9 Å². The first-order chi connectivity index (χ1) is 8.78. The van der Waals surface area contributed by atoms with Crippen molar-refractivity contribution in [3.63, 3.8) is 0 Å². The van der Waals surface area contributed by atoms with Gasteiger partial charge in [0, 0.05) is 32.5 Å². The summed E-state index contributed by atoms with van der Waals surface area (Å²) in [5.41, 5.74) is 1.30. The van der Waals surface area contributed by atoms with Gasteiger partial charge in [0.1, 0.15) is 18.1 Å². The number of likely N-dealkylation sites (tertiary alicyclic amines) is 1. The van der Waals surface area contributed by atoms with Gasteiger partial charge in [0.15, 0.2) is 0 Å². The number of carbonyl (C=O) groups is 1. The van der Waals surface area contributed by atoms with Crippen LogP contribution >= 0.6 is 0 Å². The van der Waals surface area contributed by atoms with Crippen LogP contribution in [0, 0.1) is 0 Å². The standard InChI is InChI=1S/C15H21NO2/c1-2-13-4-3-5-15(12-13)18-11-10-16-8-6-14(17)7-9-16/h3-5,12H,2,6-11H2,1H3. The Balaban J connectivity index is 1.73. The topological polar surface area (TPSA) is 29.5 Å². The number of piperidine rings is 1. The molecule has 1 aliphatic rings. The quantitative estimate of drug-likeness (QED) is 0.799. The molecule has 3 nitrogen and oxygen atoms in total. The molecule has 0 aliphatic carbocycles. The summed E-state index contributed by atoms with van der Waals surface area (Å²) in [6.07, 6.45) is 2.43. The highest BCUT2D eigenvalue weighted by molar-refractivity contribution is 5.79. The third-order valence-corrected chi connectivity index (χ3v) is 3.40. The van der Waals surface area contributed by atoms with Crippen molar-refractivity contribution >= 4 is 5.78 Å². The maximum atomic E-state index is 11.1. The first kappa shape index (κ1) is 13.1. The van der Waals surface area contributed by atoms with Crippen LogP contribution in [0.3, 0.4) is 0 Å². The Morgan fingerprint density at radius 1 is 1.28 bits per heavy atom. The van der Waals surface area contributed by atoms with Crippen molar-refractivity contribution in [1.29, 1.82) is 0 Å². The number of rotatable bonds is 5. The van der Waals surface area contributed by atoms with E-state index in [1.807, 2.05) is 12.1 Å². The summed E-state index contributed by atoms with van der Waals surface area (Å²) in [5, 5.41) is 0. The van der Waals surface area contributed by atoms with Gasteiger partial charge < -0.3 is 4.74 Å². The maximum absolute atomic E-state index is 11.1. The summed E-state index contributed by atoms with van der Waals surface area (Å²) in [7, 11) is 0. The third-order valence-electron chi connectivity index (χ3n) is 3.40. The highest BCUT2D eigenvalue weighted by atomic mass is 16.5. The van der Waals surface area contributed by atoms with E-state index in [9.17, 15) is 4.79 Å². The number of carbonyl (C=O) groups excluding carboxylic acids is 1. The van der Waals surface area contributed by atoms with Crippen molar-refractivity contribution in [3.8, 4) is 5.75 Å². The predicted octanol–water partition coefficient (Wildman–Crippen LogP) is 2.29. The number of Topliss-reactive ketones (excluding diaryl/α,β-unsaturated/α-hetero) is 1. The normalized spacial score (nSPS) is 16.8. The Morgan fingerprint density at radius 2 is 2.06 bits per heavy atom. The Bertz CT molecular complexity index is 393. The lowest BCUT2D eigenvalue weighted by molar-refractivity contribution is -0.121. The van der Waals surface area contributed by atoms with Gasteiger partial charge in [-0.25, -0.2) is 0 Å². The molecule has 0 bridgehead atoms. The Morgan fingerprint density at radius 3 is 2.78 bits per heavy atom. The van der Waals surface area contributed by atoms with Gasteiger partial charge in [-0.05, 0) is 24.1 Å². The van der Waals surface area contributed by atoms with Crippen LogP contribution in [0.1, 0.15) is 25.3 Å². The third kappa shape index (κ3) is 3.84. The van der Waals surface area contributed by atoms with Crippen molar-refractivity contribution < 1.29 is 9.53 Å². The molecule has 0 N–H and O–H groups in total. The van der Waals surface area contributed by atoms with Gasteiger partial charge in [0.05, 0.1) is 0 Å². The van der Waals surface area contributed by atoms with Gasteiger partial charge in [-0.1, -0.05) is 19.1 Å². The van der Waals surface area contributed by atoms with Crippen LogP contribution in [0.25, 0.3) is 0 Å². The molecule has 1 aromatic rings. The lowest BCUT2D eigenvalue weighted by atomic mass is 10.1. The molecule has 0 saturated carbocycles. The highest BCUT2D eigenvalue weighted by Crippen LogP contribution is 2.14. The largest absolute Gasteiger partial charge is 0.492 e. The molecule has 0 radical (unpaired) electrons. The van der Waals surface area contributed by atoms with E-state index in [2.05, 4.69) is 24.0 Å². The zero-order valence-electron chi connectivity index (χ0n) is 11.0. The van der Waals surface area contributed by atoms with Crippen molar-refractivity contribution in [1.82, 2.24) is 4.90 Å². The van der Waals surface area contributed by atoms with Crippen molar-refractivity contribution in [2.24, 2.45) is 0 Å². The zero-order valence-corrected chi connectivity index (χ0v) is 11.0. The molecule has 0 unspecified atom stereocenters. The molecule has 1 heterocycles. The smallest absolute Gasteiger partial charge is 0.135 e. The van der Waals surface area contributed by atoms with Gasteiger partial charge in [0.25, 0.3) is 0 Å². The first-order valence-electron chi connectivity index (χ1n) is 6.73. The van der Waals surface area contributed by atoms with E-state index in [1.165, 1.54) is 5.56 Å². The van der Waals surface area contributed by atoms with Gasteiger partial charge in [0.2, 0.25) is 0 Å². The van der Waals surface area contributed by atoms with E-state index in [4.69, 9.17) is 4.74 Å². The molecule has 0 aromatic heterocycles. The molecule has 0 amide bonds. The molecule has 3 heteroatoms. The Labute approximate surface area is 109 Å². The van der Waals surface area contributed by atoms with Gasteiger partial charge in [-0.3, -0.25) is 9.69 Å². The molecule has 1 fully saturated rings. The lowest BCUT2D eigenvalue weighted by Crippen LogP contribution is -2.36. The van der Waals surface area contributed by atoms with Crippen LogP contribution < -0.4 is 4.74 Å². The van der Waals surface area contributed by atoms with Crippen LogP contribution in [0.4, 0.5) is 0 Å². The van der Waals surface area contributed by atoms with Gasteiger partial charge >= 0.3 is 0 Å². The summed E-state index contributed by atoms with van der Waals surface area (Å²) in [5.74, 6) is 1.34. The fraction of sp³-hybridized carbons (Fsp3) is 0.533. The summed E-state index contributed by atoms with van der Waals surface area (Å²) in [4.78, 5) is 13.4. The highest BCUT2D eigenvalue weighted by Gasteiger charge is 2.15. The molecular formula is C15H21NO2. The van der Waals surface area contributed by atoms with Crippen LogP contribution in [0.5, 0.6) is 5.75 Å². The van der Waals surface area contributed by atoms with Crippen molar-refractivity contribution in [2.45, 2.75) is 26.2 Å². The van der Waals surface area contributed by atoms with Crippen LogP contribution in [0.15, 0.2) is 24.3 Å². The summed E-state index contributed by atoms with van der Waals surface area (Å²) in [6, 6.07) is 8.25. The monoisotopic (exact) mass is 247 g/mol. The molecule has 18 heavy (non-hydrogen) atoms. The fourth-order valence-corrected chi connectivity index (χ4v) is 2.17. The number of nitrogens with zero attached hydrogens (tertiary/aromatic N) is 1. The van der Waals surface area contributed by atoms with Crippen LogP contribution in [0.2, 0.25) is 0 Å². The van der Waals surface area contributed by atoms with Crippen LogP contribution in [-0.2, 0) is 11.2 Å². The minimum Gasteiger partial charge on any atom is -0.492 e. The maximum Gasteiger partial charge on any atom is 0.135 e. The molecule has 1 aromatic carbocycles. The average molecular weight is 247 g/mol. The average Bonchev–Trinajstić information content (AvgIpc) is 2.41. The summed E-state index contributed by atoms with van der Waals surface area (Å²) >= 11 is 0. The first-order valence-corrected chi connectivity index (χ1v) is 6.73. The minimum atomic E-state index is 0.391. The fourth-order valence-electron chi connectivity index (χ4n) is 2.17. The summed E-state index contributed by atoms with van der Waals surface area (Å²) < 4.78 is 5.75. The molecule has 2 rings (SSSR count). The van der Waals surface area contributed by atoms with E-state index in [0.717, 1.165) is 31.8 Å².